The number of aromatic nitrogens is 2. The Hall–Kier alpha value is -2.67. The van der Waals surface area contributed by atoms with Crippen LogP contribution in [-0.2, 0) is 16.1 Å². The molecule has 1 fully saturated rings. The van der Waals surface area contributed by atoms with Gasteiger partial charge in [0.25, 0.3) is 0 Å². The minimum atomic E-state index is -0.0210. The van der Waals surface area contributed by atoms with Gasteiger partial charge in [0, 0.05) is 31.2 Å². The number of rotatable bonds is 6. The van der Waals surface area contributed by atoms with E-state index in [2.05, 4.69) is 20.8 Å². The number of anilines is 2. The Morgan fingerprint density at radius 2 is 1.88 bits per heavy atom. The first-order valence-corrected chi connectivity index (χ1v) is 8.34. The summed E-state index contributed by atoms with van der Waals surface area (Å²) < 4.78 is 10.6. The summed E-state index contributed by atoms with van der Waals surface area (Å²) >= 11 is 0. The highest BCUT2D eigenvalue weighted by Gasteiger charge is 2.21. The van der Waals surface area contributed by atoms with E-state index >= 15 is 0 Å². The van der Waals surface area contributed by atoms with Crippen LogP contribution in [0.25, 0.3) is 0 Å². The topological polar surface area (TPSA) is 85.4 Å². The van der Waals surface area contributed by atoms with Crippen LogP contribution in [0.3, 0.4) is 0 Å². The summed E-state index contributed by atoms with van der Waals surface area (Å²) in [6, 6.07) is 11.3. The van der Waals surface area contributed by atoms with Gasteiger partial charge in [-0.1, -0.05) is 18.2 Å². The molecule has 1 aromatic heterocycles. The van der Waals surface area contributed by atoms with E-state index in [1.54, 1.807) is 19.2 Å². The fourth-order valence-electron chi connectivity index (χ4n) is 2.72. The second-order valence-electron chi connectivity index (χ2n) is 5.85. The molecule has 132 valence electrons. The smallest absolute Gasteiger partial charge is 0.228 e. The maximum Gasteiger partial charge on any atom is 0.228 e. The molecule has 7 heteroatoms. The number of hydrogen-bond donors (Lipinski definition) is 2. The molecule has 7 nitrogen and oxygen atoms in total. The number of nitrogens with zero attached hydrogens (tertiary/aromatic N) is 2. The van der Waals surface area contributed by atoms with Gasteiger partial charge in [0.2, 0.25) is 5.91 Å². The fourth-order valence-corrected chi connectivity index (χ4v) is 2.72. The second-order valence-corrected chi connectivity index (χ2v) is 5.85. The van der Waals surface area contributed by atoms with Gasteiger partial charge in [-0.15, -0.1) is 10.2 Å². The Balaban J connectivity index is 1.54. The number of nitrogens with one attached hydrogen (secondary N) is 2. The zero-order valence-electron chi connectivity index (χ0n) is 14.2. The second kappa shape index (κ2) is 8.43. The molecule has 1 aliphatic heterocycles. The number of ether oxygens (including phenoxy) is 2. The summed E-state index contributed by atoms with van der Waals surface area (Å²) in [5, 5.41) is 14.2. The van der Waals surface area contributed by atoms with Gasteiger partial charge in [0.05, 0.1) is 7.11 Å². The summed E-state index contributed by atoms with van der Waals surface area (Å²) in [5.41, 5.74) is 1.03. The average Bonchev–Trinajstić information content (AvgIpc) is 2.68. The van der Waals surface area contributed by atoms with Crippen molar-refractivity contribution in [3.63, 3.8) is 0 Å². The normalized spacial score (nSPS) is 14.8. The molecule has 3 rings (SSSR count). The molecule has 1 amide bonds. The number of amides is 1. The number of carbonyl (C=O) groups is 1. The van der Waals surface area contributed by atoms with Crippen LogP contribution in [0, 0.1) is 5.92 Å². The van der Waals surface area contributed by atoms with E-state index in [1.807, 2.05) is 24.3 Å². The van der Waals surface area contributed by atoms with Crippen LogP contribution < -0.4 is 15.4 Å². The molecule has 0 radical (unpaired) electrons. The van der Waals surface area contributed by atoms with Crippen molar-refractivity contribution in [2.75, 3.05) is 31.0 Å². The first-order chi connectivity index (χ1) is 12.3. The molecule has 2 heterocycles. The van der Waals surface area contributed by atoms with E-state index in [0.717, 1.165) is 24.2 Å². The largest absolute Gasteiger partial charge is 0.496 e. The molecule has 0 bridgehead atoms. The standard InChI is InChI=1S/C18H22N4O3/c1-24-15-5-3-2-4-14(15)12-19-16-6-7-17(22-21-16)20-18(23)13-8-10-25-11-9-13/h2-7,13H,8-12H2,1H3,(H,19,21)(H,20,22,23). The van der Waals surface area contributed by atoms with Crippen molar-refractivity contribution < 1.29 is 14.3 Å². The summed E-state index contributed by atoms with van der Waals surface area (Å²) in [5.74, 6) is 1.88. The molecule has 1 saturated heterocycles. The lowest BCUT2D eigenvalue weighted by molar-refractivity contribution is -0.122. The van der Waals surface area contributed by atoms with Crippen molar-refractivity contribution in [2.24, 2.45) is 5.92 Å². The average molecular weight is 342 g/mol. The van der Waals surface area contributed by atoms with Crippen molar-refractivity contribution in [3.05, 3.63) is 42.0 Å². The van der Waals surface area contributed by atoms with Gasteiger partial charge in [-0.3, -0.25) is 4.79 Å². The van der Waals surface area contributed by atoms with Crippen LogP contribution in [0.1, 0.15) is 18.4 Å². The molecule has 25 heavy (non-hydrogen) atoms. The predicted octanol–water partition coefficient (Wildman–Crippen LogP) is 2.46. The number of para-hydroxylation sites is 1. The van der Waals surface area contributed by atoms with Crippen molar-refractivity contribution in [2.45, 2.75) is 19.4 Å². The molecule has 0 spiro atoms. The third-order valence-electron chi connectivity index (χ3n) is 4.16. The van der Waals surface area contributed by atoms with Gasteiger partial charge < -0.3 is 20.1 Å². The van der Waals surface area contributed by atoms with E-state index in [0.29, 0.717) is 31.4 Å². The Bertz CT molecular complexity index is 700. The van der Waals surface area contributed by atoms with Gasteiger partial charge in [0.15, 0.2) is 5.82 Å². The molecule has 2 aromatic rings. The summed E-state index contributed by atoms with van der Waals surface area (Å²) in [6.07, 6.45) is 1.50. The molecule has 0 aliphatic carbocycles. The maximum atomic E-state index is 12.2. The van der Waals surface area contributed by atoms with E-state index in [-0.39, 0.29) is 11.8 Å². The Morgan fingerprint density at radius 1 is 1.16 bits per heavy atom. The lowest BCUT2D eigenvalue weighted by atomic mass is 9.99. The predicted molar refractivity (Wildman–Crippen MR) is 94.5 cm³/mol. The molecule has 0 saturated carbocycles. The van der Waals surface area contributed by atoms with Crippen molar-refractivity contribution in [3.8, 4) is 5.75 Å². The quantitative estimate of drug-likeness (QED) is 0.839. The van der Waals surface area contributed by atoms with Crippen LogP contribution in [0.15, 0.2) is 36.4 Å². The third-order valence-corrected chi connectivity index (χ3v) is 4.16. The molecule has 0 unspecified atom stereocenters. The maximum absolute atomic E-state index is 12.2. The van der Waals surface area contributed by atoms with E-state index < -0.39 is 0 Å². The van der Waals surface area contributed by atoms with Crippen LogP contribution in [0.4, 0.5) is 11.6 Å². The van der Waals surface area contributed by atoms with Crippen LogP contribution in [-0.4, -0.2) is 36.4 Å². The minimum Gasteiger partial charge on any atom is -0.496 e. The van der Waals surface area contributed by atoms with Crippen LogP contribution in [0.2, 0.25) is 0 Å². The highest BCUT2D eigenvalue weighted by molar-refractivity contribution is 5.91. The Labute approximate surface area is 146 Å². The monoisotopic (exact) mass is 342 g/mol. The van der Waals surface area contributed by atoms with E-state index in [1.165, 1.54) is 0 Å². The molecule has 0 atom stereocenters. The summed E-state index contributed by atoms with van der Waals surface area (Å²) in [4.78, 5) is 12.2. The number of carbonyl (C=O) groups excluding carboxylic acids is 1. The van der Waals surface area contributed by atoms with Crippen LogP contribution >= 0.6 is 0 Å². The van der Waals surface area contributed by atoms with Crippen LogP contribution in [0.5, 0.6) is 5.75 Å². The Morgan fingerprint density at radius 3 is 2.60 bits per heavy atom. The lowest BCUT2D eigenvalue weighted by Gasteiger charge is -2.20. The van der Waals surface area contributed by atoms with Gasteiger partial charge in [0.1, 0.15) is 11.6 Å². The van der Waals surface area contributed by atoms with Crippen molar-refractivity contribution >= 4 is 17.5 Å². The first kappa shape index (κ1) is 17.2. The minimum absolute atomic E-state index is 0.0149. The lowest BCUT2D eigenvalue weighted by Crippen LogP contribution is -2.28. The van der Waals surface area contributed by atoms with E-state index in [4.69, 9.17) is 9.47 Å². The zero-order valence-corrected chi connectivity index (χ0v) is 14.2. The zero-order chi connectivity index (χ0) is 17.5. The van der Waals surface area contributed by atoms with Gasteiger partial charge in [-0.25, -0.2) is 0 Å². The Kier molecular flexibility index (Phi) is 5.79. The molecular formula is C18H22N4O3. The SMILES string of the molecule is COc1ccccc1CNc1ccc(NC(=O)C2CCOCC2)nn1. The third kappa shape index (κ3) is 4.67. The number of benzene rings is 1. The van der Waals surface area contributed by atoms with Crippen molar-refractivity contribution in [1.29, 1.82) is 0 Å². The number of hydrogen-bond acceptors (Lipinski definition) is 6. The molecular weight excluding hydrogens is 320 g/mol. The molecule has 2 N–H and O–H groups in total. The fraction of sp³-hybridized carbons (Fsp3) is 0.389. The summed E-state index contributed by atoms with van der Waals surface area (Å²) in [6.45, 7) is 1.84. The summed E-state index contributed by atoms with van der Waals surface area (Å²) in [7, 11) is 1.65. The highest BCUT2D eigenvalue weighted by atomic mass is 16.5. The van der Waals surface area contributed by atoms with Gasteiger partial charge >= 0.3 is 0 Å². The van der Waals surface area contributed by atoms with Gasteiger partial charge in [-0.2, -0.15) is 0 Å². The highest BCUT2D eigenvalue weighted by Crippen LogP contribution is 2.19. The van der Waals surface area contributed by atoms with Gasteiger partial charge in [-0.05, 0) is 31.0 Å². The van der Waals surface area contributed by atoms with E-state index in [9.17, 15) is 4.79 Å². The van der Waals surface area contributed by atoms with Crippen molar-refractivity contribution in [1.82, 2.24) is 10.2 Å². The number of methoxy groups -OCH3 is 1. The molecule has 1 aliphatic rings. The first-order valence-electron chi connectivity index (χ1n) is 8.34. The molecule has 1 aromatic carbocycles.